The van der Waals surface area contributed by atoms with Crippen LogP contribution in [0.2, 0.25) is 0 Å². The van der Waals surface area contributed by atoms with Crippen molar-refractivity contribution in [3.63, 3.8) is 0 Å². The van der Waals surface area contributed by atoms with Crippen LogP contribution in [0.15, 0.2) is 0 Å². The van der Waals surface area contributed by atoms with Crippen molar-refractivity contribution in [3.8, 4) is 0 Å². The molecular formula is C17H39N4O2+. The summed E-state index contributed by atoms with van der Waals surface area (Å²) in [4.78, 5) is 13.8. The molecule has 6 nitrogen and oxygen atoms in total. The Morgan fingerprint density at radius 2 is 1.70 bits per heavy atom. The number of hydrogen-bond donors (Lipinski definition) is 2. The summed E-state index contributed by atoms with van der Waals surface area (Å²) in [6.07, 6.45) is 3.14. The van der Waals surface area contributed by atoms with Gasteiger partial charge in [-0.3, -0.25) is 0 Å². The molecule has 0 aliphatic carbocycles. The molecule has 0 aliphatic heterocycles. The molecule has 0 saturated heterocycles. The number of carbonyl (C=O) groups excluding carboxylic acids is 1. The first-order valence-electron chi connectivity index (χ1n) is 9.01. The Morgan fingerprint density at radius 3 is 2.26 bits per heavy atom. The largest absolute Gasteiger partial charge is 0.376 e. The van der Waals surface area contributed by atoms with Crippen LogP contribution in [0.1, 0.15) is 33.1 Å². The fraction of sp³-hybridized carbons (Fsp3) is 0.941. The average molecular weight is 332 g/mol. The Bertz CT molecular complexity index is 300. The molecule has 23 heavy (non-hydrogen) atoms. The van der Waals surface area contributed by atoms with Crippen LogP contribution < -0.4 is 10.6 Å². The van der Waals surface area contributed by atoms with Crippen molar-refractivity contribution < 1.29 is 14.0 Å². The summed E-state index contributed by atoms with van der Waals surface area (Å²) in [6.45, 7) is 11.6. The minimum absolute atomic E-state index is 0.0530. The van der Waals surface area contributed by atoms with Gasteiger partial charge in [0.2, 0.25) is 0 Å². The number of nitrogens with one attached hydrogen (secondary N) is 2. The predicted molar refractivity (Wildman–Crippen MR) is 96.8 cm³/mol. The number of ether oxygens (including phenoxy) is 1. The van der Waals surface area contributed by atoms with E-state index in [1.807, 2.05) is 21.0 Å². The zero-order valence-electron chi connectivity index (χ0n) is 16.0. The second kappa shape index (κ2) is 13.6. The van der Waals surface area contributed by atoms with Gasteiger partial charge in [0.05, 0.1) is 26.7 Å². The molecule has 0 heterocycles. The van der Waals surface area contributed by atoms with E-state index in [9.17, 15) is 4.79 Å². The number of nitrogens with zero attached hydrogens (tertiary/aromatic N) is 2. The van der Waals surface area contributed by atoms with E-state index in [0.717, 1.165) is 69.8 Å². The Hall–Kier alpha value is -0.850. The third-order valence-electron chi connectivity index (χ3n) is 3.97. The summed E-state index contributed by atoms with van der Waals surface area (Å²) in [5, 5.41) is 5.85. The molecule has 0 saturated carbocycles. The second-order valence-corrected chi connectivity index (χ2v) is 6.68. The van der Waals surface area contributed by atoms with Gasteiger partial charge in [-0.1, -0.05) is 6.92 Å². The highest BCUT2D eigenvalue weighted by atomic mass is 16.5. The van der Waals surface area contributed by atoms with Crippen molar-refractivity contribution in [2.75, 3.05) is 73.6 Å². The van der Waals surface area contributed by atoms with Gasteiger partial charge in [-0.25, -0.2) is 4.79 Å². The van der Waals surface area contributed by atoms with Crippen LogP contribution in [0.3, 0.4) is 0 Å². The van der Waals surface area contributed by atoms with Crippen molar-refractivity contribution in [1.29, 1.82) is 0 Å². The lowest BCUT2D eigenvalue weighted by Crippen LogP contribution is -2.48. The number of urea groups is 1. The fourth-order valence-electron chi connectivity index (χ4n) is 2.63. The molecule has 2 amide bonds. The summed E-state index contributed by atoms with van der Waals surface area (Å²) in [6, 6.07) is -0.0530. The molecule has 0 aromatic heterocycles. The number of hydrogen-bond acceptors (Lipinski definition) is 3. The van der Waals surface area contributed by atoms with Crippen molar-refractivity contribution in [2.45, 2.75) is 33.1 Å². The number of rotatable bonds is 14. The molecule has 2 N–H and O–H groups in total. The van der Waals surface area contributed by atoms with E-state index in [1.54, 1.807) is 0 Å². The Morgan fingerprint density at radius 1 is 1.04 bits per heavy atom. The minimum atomic E-state index is -0.0530. The van der Waals surface area contributed by atoms with E-state index in [2.05, 4.69) is 29.5 Å². The molecule has 0 bridgehead atoms. The molecule has 6 heteroatoms. The maximum Gasteiger partial charge on any atom is 0.314 e. The van der Waals surface area contributed by atoms with Crippen molar-refractivity contribution in [1.82, 2.24) is 15.5 Å². The van der Waals surface area contributed by atoms with Crippen LogP contribution in [-0.4, -0.2) is 89.0 Å². The van der Waals surface area contributed by atoms with Crippen LogP contribution >= 0.6 is 0 Å². The third kappa shape index (κ3) is 13.3. The van der Waals surface area contributed by atoms with Crippen LogP contribution in [0.25, 0.3) is 0 Å². The molecule has 0 aliphatic rings. The average Bonchev–Trinajstić information content (AvgIpc) is 2.49. The topological polar surface area (TPSA) is 53.6 Å². The van der Waals surface area contributed by atoms with Gasteiger partial charge >= 0.3 is 6.03 Å². The van der Waals surface area contributed by atoms with Gasteiger partial charge in [0.15, 0.2) is 0 Å². The van der Waals surface area contributed by atoms with Crippen LogP contribution in [-0.2, 0) is 4.74 Å². The van der Waals surface area contributed by atoms with Gasteiger partial charge in [-0.15, -0.1) is 0 Å². The highest BCUT2D eigenvalue weighted by Crippen LogP contribution is 2.05. The molecule has 0 rings (SSSR count). The summed E-state index contributed by atoms with van der Waals surface area (Å²) in [5.41, 5.74) is 0. The van der Waals surface area contributed by atoms with Gasteiger partial charge in [0, 0.05) is 26.1 Å². The van der Waals surface area contributed by atoms with Crippen LogP contribution in [0, 0.1) is 0 Å². The highest BCUT2D eigenvalue weighted by Gasteiger charge is 2.19. The molecule has 0 spiro atoms. The SMILES string of the molecule is CCC[N+](C)(CCCNC(=O)NCCCN(C)C)CCOCC. The first kappa shape index (κ1) is 22.1. The van der Waals surface area contributed by atoms with Crippen molar-refractivity contribution in [2.24, 2.45) is 0 Å². The quantitative estimate of drug-likeness (QED) is 0.375. The van der Waals surface area contributed by atoms with Gasteiger partial charge in [0.1, 0.15) is 6.54 Å². The lowest BCUT2D eigenvalue weighted by molar-refractivity contribution is -0.910. The van der Waals surface area contributed by atoms with Gasteiger partial charge < -0.3 is 24.8 Å². The lowest BCUT2D eigenvalue weighted by atomic mass is 10.2. The summed E-state index contributed by atoms with van der Waals surface area (Å²) in [5.74, 6) is 0. The fourth-order valence-corrected chi connectivity index (χ4v) is 2.63. The molecule has 138 valence electrons. The number of carbonyl (C=O) groups is 1. The van der Waals surface area contributed by atoms with Crippen LogP contribution in [0.4, 0.5) is 4.79 Å². The summed E-state index contributed by atoms with van der Waals surface area (Å²) >= 11 is 0. The predicted octanol–water partition coefficient (Wildman–Crippen LogP) is 1.52. The summed E-state index contributed by atoms with van der Waals surface area (Å²) in [7, 11) is 6.36. The lowest BCUT2D eigenvalue weighted by Gasteiger charge is -2.34. The van der Waals surface area contributed by atoms with E-state index in [4.69, 9.17) is 4.74 Å². The second-order valence-electron chi connectivity index (χ2n) is 6.68. The van der Waals surface area contributed by atoms with Gasteiger partial charge in [-0.2, -0.15) is 0 Å². The Kier molecular flexibility index (Phi) is 13.1. The van der Waals surface area contributed by atoms with Crippen molar-refractivity contribution >= 4 is 6.03 Å². The third-order valence-corrected chi connectivity index (χ3v) is 3.97. The highest BCUT2D eigenvalue weighted by molar-refractivity contribution is 5.73. The zero-order valence-corrected chi connectivity index (χ0v) is 16.0. The minimum Gasteiger partial charge on any atom is -0.376 e. The van der Waals surface area contributed by atoms with Crippen LogP contribution in [0.5, 0.6) is 0 Å². The van der Waals surface area contributed by atoms with E-state index in [1.165, 1.54) is 6.42 Å². The number of quaternary nitrogens is 1. The van der Waals surface area contributed by atoms with Gasteiger partial charge in [0.25, 0.3) is 0 Å². The Labute approximate surface area is 143 Å². The first-order valence-corrected chi connectivity index (χ1v) is 9.01. The standard InChI is InChI=1S/C17H38N4O2/c1-6-13-21(5,15-16-23-7-2)14-9-11-19-17(22)18-10-8-12-20(3)4/h6-16H2,1-5H3,(H-,18,19,22)/p+1. The molecule has 0 aromatic carbocycles. The Balaban J connectivity index is 3.81. The molecule has 0 fully saturated rings. The van der Waals surface area contributed by atoms with Gasteiger partial charge in [-0.05, 0) is 40.4 Å². The van der Waals surface area contributed by atoms with E-state index in [0.29, 0.717) is 0 Å². The maximum absolute atomic E-state index is 11.7. The molecule has 1 atom stereocenters. The van der Waals surface area contributed by atoms with E-state index in [-0.39, 0.29) is 6.03 Å². The molecule has 0 radical (unpaired) electrons. The number of amides is 2. The first-order chi connectivity index (χ1) is 10.9. The summed E-state index contributed by atoms with van der Waals surface area (Å²) < 4.78 is 6.51. The molecule has 1 unspecified atom stereocenters. The van der Waals surface area contributed by atoms with E-state index >= 15 is 0 Å². The monoisotopic (exact) mass is 331 g/mol. The van der Waals surface area contributed by atoms with Crippen molar-refractivity contribution in [3.05, 3.63) is 0 Å². The maximum atomic E-state index is 11.7. The van der Waals surface area contributed by atoms with E-state index < -0.39 is 0 Å². The molecule has 0 aromatic rings. The normalized spacial score (nSPS) is 13.8. The molecular weight excluding hydrogens is 292 g/mol. The smallest absolute Gasteiger partial charge is 0.314 e. The number of likely N-dealkylation sites (N-methyl/N-ethyl adjacent to an activating group) is 1. The zero-order chi connectivity index (χ0) is 17.6.